The van der Waals surface area contributed by atoms with Gasteiger partial charge < -0.3 is 11.5 Å². The summed E-state index contributed by atoms with van der Waals surface area (Å²) in [6, 6.07) is 4.27. The lowest BCUT2D eigenvalue weighted by Gasteiger charge is -2.04. The Morgan fingerprint density at radius 1 is 1.31 bits per heavy atom. The molecule has 0 fully saturated rings. The SMILES string of the molecule is Nc1ccc(N)c(S(=O)(=O)CCl)c1. The molecule has 0 saturated heterocycles. The molecule has 0 aliphatic rings. The summed E-state index contributed by atoms with van der Waals surface area (Å²) >= 11 is 5.27. The van der Waals surface area contributed by atoms with Crippen LogP contribution >= 0.6 is 11.6 Å². The third-order valence-corrected chi connectivity index (χ3v) is 3.69. The largest absolute Gasteiger partial charge is 0.399 e. The quantitative estimate of drug-likeness (QED) is 0.571. The third-order valence-electron chi connectivity index (χ3n) is 1.52. The van der Waals surface area contributed by atoms with Crippen molar-refractivity contribution in [1.29, 1.82) is 0 Å². The Morgan fingerprint density at radius 3 is 2.46 bits per heavy atom. The van der Waals surface area contributed by atoms with Gasteiger partial charge in [0, 0.05) is 5.69 Å². The highest BCUT2D eigenvalue weighted by molar-refractivity contribution is 7.92. The fourth-order valence-corrected chi connectivity index (χ4v) is 2.09. The summed E-state index contributed by atoms with van der Waals surface area (Å²) in [7, 11) is -3.49. The highest BCUT2D eigenvalue weighted by atomic mass is 35.5. The Hall–Kier alpha value is -0.940. The van der Waals surface area contributed by atoms with Crippen LogP contribution in [-0.2, 0) is 9.84 Å². The molecular formula is C7H9ClN2O2S. The van der Waals surface area contributed by atoms with Gasteiger partial charge in [-0.1, -0.05) is 0 Å². The number of nitrogen functional groups attached to an aromatic ring is 2. The van der Waals surface area contributed by atoms with E-state index in [-0.39, 0.29) is 10.6 Å². The minimum absolute atomic E-state index is 0.0116. The molecule has 1 aromatic carbocycles. The van der Waals surface area contributed by atoms with Gasteiger partial charge in [-0.05, 0) is 18.2 Å². The van der Waals surface area contributed by atoms with E-state index >= 15 is 0 Å². The zero-order chi connectivity index (χ0) is 10.1. The van der Waals surface area contributed by atoms with Crippen LogP contribution in [0.3, 0.4) is 0 Å². The molecule has 4 N–H and O–H groups in total. The third kappa shape index (κ3) is 2.05. The van der Waals surface area contributed by atoms with E-state index in [9.17, 15) is 8.42 Å². The number of nitrogens with two attached hydrogens (primary N) is 2. The number of hydrogen-bond acceptors (Lipinski definition) is 4. The summed E-state index contributed by atoms with van der Waals surface area (Å²) in [4.78, 5) is -0.0116. The second-order valence-electron chi connectivity index (χ2n) is 2.52. The first-order valence-electron chi connectivity index (χ1n) is 3.41. The summed E-state index contributed by atoms with van der Waals surface area (Å²) in [5, 5.41) is -0.499. The fraction of sp³-hybridized carbons (Fsp3) is 0.143. The Morgan fingerprint density at radius 2 is 1.92 bits per heavy atom. The van der Waals surface area contributed by atoms with Crippen molar-refractivity contribution in [2.75, 3.05) is 16.7 Å². The molecule has 0 spiro atoms. The van der Waals surface area contributed by atoms with Gasteiger partial charge in [0.1, 0.15) is 5.21 Å². The van der Waals surface area contributed by atoms with Gasteiger partial charge in [0.2, 0.25) is 0 Å². The monoisotopic (exact) mass is 220 g/mol. The van der Waals surface area contributed by atoms with E-state index in [0.29, 0.717) is 5.69 Å². The molecule has 0 unspecified atom stereocenters. The Labute approximate surface area is 81.4 Å². The highest BCUT2D eigenvalue weighted by Crippen LogP contribution is 2.22. The zero-order valence-corrected chi connectivity index (χ0v) is 8.27. The van der Waals surface area contributed by atoms with Crippen LogP contribution in [0.5, 0.6) is 0 Å². The molecule has 1 aromatic rings. The number of halogens is 1. The second kappa shape index (κ2) is 3.43. The molecule has 0 aliphatic carbocycles. The van der Waals surface area contributed by atoms with Crippen molar-refractivity contribution in [3.63, 3.8) is 0 Å². The van der Waals surface area contributed by atoms with Gasteiger partial charge in [-0.3, -0.25) is 0 Å². The lowest BCUT2D eigenvalue weighted by atomic mass is 10.3. The number of hydrogen-bond donors (Lipinski definition) is 2. The van der Waals surface area contributed by atoms with Gasteiger partial charge in [0.25, 0.3) is 0 Å². The van der Waals surface area contributed by atoms with E-state index in [4.69, 9.17) is 23.1 Å². The van der Waals surface area contributed by atoms with Crippen molar-refractivity contribution < 1.29 is 8.42 Å². The normalized spacial score (nSPS) is 11.5. The summed E-state index contributed by atoms with van der Waals surface area (Å²) in [6.45, 7) is 0. The molecule has 0 aromatic heterocycles. The molecule has 0 amide bonds. The summed E-state index contributed by atoms with van der Waals surface area (Å²) in [6.07, 6.45) is 0. The van der Waals surface area contributed by atoms with Crippen LogP contribution in [0, 0.1) is 0 Å². The van der Waals surface area contributed by atoms with Crippen LogP contribution < -0.4 is 11.5 Å². The predicted molar refractivity (Wildman–Crippen MR) is 53.2 cm³/mol. The van der Waals surface area contributed by atoms with Crippen LogP contribution in [0.1, 0.15) is 0 Å². The molecule has 4 nitrogen and oxygen atoms in total. The van der Waals surface area contributed by atoms with Gasteiger partial charge in [-0.15, -0.1) is 11.6 Å². The number of alkyl halides is 1. The molecule has 72 valence electrons. The average Bonchev–Trinajstić information content (AvgIpc) is 2.09. The van der Waals surface area contributed by atoms with Crippen molar-refractivity contribution >= 4 is 32.8 Å². The Bertz CT molecular complexity index is 417. The van der Waals surface area contributed by atoms with Gasteiger partial charge in [-0.2, -0.15) is 0 Å². The molecule has 1 rings (SSSR count). The van der Waals surface area contributed by atoms with Crippen LogP contribution in [0.2, 0.25) is 0 Å². The number of sulfone groups is 1. The summed E-state index contributed by atoms with van der Waals surface area (Å²) in [5.41, 5.74) is 11.4. The smallest absolute Gasteiger partial charge is 0.194 e. The Kier molecular flexibility index (Phi) is 2.68. The minimum atomic E-state index is -3.49. The zero-order valence-electron chi connectivity index (χ0n) is 6.70. The molecule has 0 saturated carbocycles. The predicted octanol–water partition coefficient (Wildman–Crippen LogP) is 0.821. The van der Waals surface area contributed by atoms with Gasteiger partial charge in [0.15, 0.2) is 9.84 Å². The van der Waals surface area contributed by atoms with E-state index in [1.54, 1.807) is 0 Å². The first-order valence-corrected chi connectivity index (χ1v) is 5.60. The van der Waals surface area contributed by atoms with Gasteiger partial charge in [-0.25, -0.2) is 8.42 Å². The maximum Gasteiger partial charge on any atom is 0.194 e. The summed E-state index contributed by atoms with van der Waals surface area (Å²) in [5.74, 6) is 0. The standard InChI is InChI=1S/C7H9ClN2O2S/c8-4-13(11,12)7-3-5(9)1-2-6(7)10/h1-3H,4,9-10H2. The number of rotatable bonds is 2. The van der Waals surface area contributed by atoms with Crippen LogP contribution in [-0.4, -0.2) is 13.6 Å². The fourth-order valence-electron chi connectivity index (χ4n) is 0.879. The molecular weight excluding hydrogens is 212 g/mol. The molecule has 0 aliphatic heterocycles. The average molecular weight is 221 g/mol. The van der Waals surface area contributed by atoms with Crippen LogP contribution in [0.25, 0.3) is 0 Å². The first kappa shape index (κ1) is 10.1. The van der Waals surface area contributed by atoms with E-state index in [2.05, 4.69) is 0 Å². The van der Waals surface area contributed by atoms with Gasteiger partial charge >= 0.3 is 0 Å². The number of anilines is 2. The Balaban J connectivity index is 3.38. The molecule has 0 heterocycles. The molecule has 0 radical (unpaired) electrons. The molecule has 0 bridgehead atoms. The highest BCUT2D eigenvalue weighted by Gasteiger charge is 2.16. The van der Waals surface area contributed by atoms with Crippen molar-refractivity contribution in [2.45, 2.75) is 4.90 Å². The molecule has 0 atom stereocenters. The topological polar surface area (TPSA) is 86.2 Å². The summed E-state index contributed by atoms with van der Waals surface area (Å²) < 4.78 is 22.6. The van der Waals surface area contributed by atoms with Crippen molar-refractivity contribution in [2.24, 2.45) is 0 Å². The van der Waals surface area contributed by atoms with E-state index < -0.39 is 15.0 Å². The molecule has 13 heavy (non-hydrogen) atoms. The van der Waals surface area contributed by atoms with Gasteiger partial charge in [0.05, 0.1) is 10.6 Å². The van der Waals surface area contributed by atoms with Crippen LogP contribution in [0.15, 0.2) is 23.1 Å². The van der Waals surface area contributed by atoms with E-state index in [0.717, 1.165) is 0 Å². The van der Waals surface area contributed by atoms with E-state index in [1.165, 1.54) is 18.2 Å². The van der Waals surface area contributed by atoms with Crippen molar-refractivity contribution in [3.8, 4) is 0 Å². The maximum atomic E-state index is 11.3. The van der Waals surface area contributed by atoms with E-state index in [1.807, 2.05) is 0 Å². The van der Waals surface area contributed by atoms with Crippen LogP contribution in [0.4, 0.5) is 11.4 Å². The first-order chi connectivity index (χ1) is 5.97. The van der Waals surface area contributed by atoms with Crippen molar-refractivity contribution in [3.05, 3.63) is 18.2 Å². The minimum Gasteiger partial charge on any atom is -0.399 e. The maximum absolute atomic E-state index is 11.3. The molecule has 6 heteroatoms. The lowest BCUT2D eigenvalue weighted by molar-refractivity contribution is 0.601. The lowest BCUT2D eigenvalue weighted by Crippen LogP contribution is -2.06. The number of benzene rings is 1. The second-order valence-corrected chi connectivity index (χ2v) is 5.06. The van der Waals surface area contributed by atoms with Crippen molar-refractivity contribution in [1.82, 2.24) is 0 Å².